The lowest BCUT2D eigenvalue weighted by Crippen LogP contribution is -2.40. The highest BCUT2D eigenvalue weighted by Crippen LogP contribution is 2.03. The number of rotatable bonds is 4. The summed E-state index contributed by atoms with van der Waals surface area (Å²) in [5.41, 5.74) is 2.41. The summed E-state index contributed by atoms with van der Waals surface area (Å²) in [5, 5.41) is 2.39. The van der Waals surface area contributed by atoms with Crippen LogP contribution in [0, 0.1) is 0 Å². The van der Waals surface area contributed by atoms with E-state index in [0.29, 0.717) is 6.42 Å². The average Bonchev–Trinajstić information content (AvgIpc) is 2.26. The van der Waals surface area contributed by atoms with Crippen molar-refractivity contribution in [1.29, 1.82) is 0 Å². The van der Waals surface area contributed by atoms with E-state index < -0.39 is 6.04 Å². The molecule has 0 saturated carbocycles. The van der Waals surface area contributed by atoms with Crippen molar-refractivity contribution < 1.29 is 9.28 Å². The van der Waals surface area contributed by atoms with Crippen LogP contribution in [0.5, 0.6) is 0 Å². The van der Waals surface area contributed by atoms with Crippen molar-refractivity contribution in [1.82, 2.24) is 10.9 Å². The van der Waals surface area contributed by atoms with Crippen molar-refractivity contribution in [3.8, 4) is 0 Å². The van der Waals surface area contributed by atoms with E-state index in [2.05, 4.69) is 5.32 Å². The van der Waals surface area contributed by atoms with Gasteiger partial charge in [0.05, 0.1) is 0 Å². The second kappa shape index (κ2) is 5.34. The van der Waals surface area contributed by atoms with Gasteiger partial charge in [-0.1, -0.05) is 30.3 Å². The molecule has 76 valence electrons. The third-order valence-corrected chi connectivity index (χ3v) is 1.98. The molecular formula is C10H13FN2O. The van der Waals surface area contributed by atoms with E-state index in [4.69, 9.17) is 0 Å². The molecule has 0 aromatic heterocycles. The summed E-state index contributed by atoms with van der Waals surface area (Å²) in [6, 6.07) is 8.48. The fraction of sp³-hybridized carbons (Fsp3) is 0.300. The molecule has 3 nitrogen and oxygen atoms in total. The van der Waals surface area contributed by atoms with Crippen LogP contribution in [0.25, 0.3) is 0 Å². The molecule has 2 N–H and O–H groups in total. The topological polar surface area (TPSA) is 41.1 Å². The zero-order valence-corrected chi connectivity index (χ0v) is 7.96. The Hall–Kier alpha value is -1.42. The minimum absolute atomic E-state index is 0.344. The molecule has 1 rings (SSSR count). The Balaban J connectivity index is 2.62. The predicted molar refractivity (Wildman–Crippen MR) is 52.2 cm³/mol. The normalized spacial score (nSPS) is 12.1. The number of likely N-dealkylation sites (N-methyl/N-ethyl adjacent to an activating group) is 1. The summed E-state index contributed by atoms with van der Waals surface area (Å²) >= 11 is 0. The van der Waals surface area contributed by atoms with Crippen LogP contribution in [-0.4, -0.2) is 19.0 Å². The SMILES string of the molecule is CNC(=O)C(Cc1ccccc1)NF. The van der Waals surface area contributed by atoms with Crippen LogP contribution in [-0.2, 0) is 11.2 Å². The van der Waals surface area contributed by atoms with Crippen LogP contribution < -0.4 is 10.9 Å². The van der Waals surface area contributed by atoms with E-state index in [0.717, 1.165) is 5.56 Å². The number of benzene rings is 1. The molecule has 4 heteroatoms. The maximum absolute atomic E-state index is 12.3. The summed E-state index contributed by atoms with van der Waals surface area (Å²) in [4.78, 5) is 11.1. The fourth-order valence-electron chi connectivity index (χ4n) is 1.20. The number of halogens is 1. The van der Waals surface area contributed by atoms with Gasteiger partial charge in [0.25, 0.3) is 0 Å². The Kier molecular flexibility index (Phi) is 4.07. The first-order valence-corrected chi connectivity index (χ1v) is 4.39. The Morgan fingerprint density at radius 1 is 1.43 bits per heavy atom. The highest BCUT2D eigenvalue weighted by Gasteiger charge is 2.16. The molecule has 1 amide bonds. The first-order chi connectivity index (χ1) is 6.77. The van der Waals surface area contributed by atoms with E-state index in [9.17, 15) is 9.28 Å². The maximum Gasteiger partial charge on any atom is 0.239 e. The molecule has 0 aliphatic rings. The maximum atomic E-state index is 12.3. The van der Waals surface area contributed by atoms with Gasteiger partial charge >= 0.3 is 0 Å². The van der Waals surface area contributed by atoms with Gasteiger partial charge in [-0.2, -0.15) is 0 Å². The third kappa shape index (κ3) is 2.81. The molecule has 0 aliphatic carbocycles. The number of carbonyl (C=O) groups is 1. The largest absolute Gasteiger partial charge is 0.358 e. The van der Waals surface area contributed by atoms with Gasteiger partial charge in [-0.05, 0) is 12.0 Å². The smallest absolute Gasteiger partial charge is 0.239 e. The van der Waals surface area contributed by atoms with Crippen LogP contribution in [0.2, 0.25) is 0 Å². The number of hydrogen-bond acceptors (Lipinski definition) is 2. The highest BCUT2D eigenvalue weighted by molar-refractivity contribution is 5.81. The molecule has 14 heavy (non-hydrogen) atoms. The van der Waals surface area contributed by atoms with Crippen molar-refractivity contribution in [3.05, 3.63) is 35.9 Å². The van der Waals surface area contributed by atoms with Gasteiger partial charge in [0.1, 0.15) is 6.04 Å². The van der Waals surface area contributed by atoms with Crippen molar-refractivity contribution in [2.24, 2.45) is 0 Å². The first-order valence-electron chi connectivity index (χ1n) is 4.39. The fourth-order valence-corrected chi connectivity index (χ4v) is 1.20. The standard InChI is InChI=1S/C10H13FN2O/c1-12-10(14)9(13-11)7-8-5-3-2-4-6-8/h2-6,9,13H,7H2,1H3,(H,12,14). The van der Waals surface area contributed by atoms with Gasteiger partial charge in [-0.3, -0.25) is 4.79 Å². The van der Waals surface area contributed by atoms with Crippen LogP contribution in [0.15, 0.2) is 30.3 Å². The Labute approximate surface area is 82.3 Å². The summed E-state index contributed by atoms with van der Waals surface area (Å²) in [6.45, 7) is 0. The number of nitrogens with one attached hydrogen (secondary N) is 2. The summed E-state index contributed by atoms with van der Waals surface area (Å²) in [6.07, 6.45) is 0.344. The summed E-state index contributed by atoms with van der Waals surface area (Å²) < 4.78 is 12.3. The minimum atomic E-state index is -0.817. The van der Waals surface area contributed by atoms with E-state index in [1.54, 1.807) is 0 Å². The van der Waals surface area contributed by atoms with Crippen molar-refractivity contribution in [3.63, 3.8) is 0 Å². The lowest BCUT2D eigenvalue weighted by molar-refractivity contribution is -0.123. The molecule has 0 aliphatic heterocycles. The molecule has 1 aromatic rings. The minimum Gasteiger partial charge on any atom is -0.358 e. The molecule has 0 spiro atoms. The van der Waals surface area contributed by atoms with Gasteiger partial charge in [0, 0.05) is 7.05 Å². The average molecular weight is 196 g/mol. The van der Waals surface area contributed by atoms with Crippen molar-refractivity contribution in [2.45, 2.75) is 12.5 Å². The van der Waals surface area contributed by atoms with Gasteiger partial charge < -0.3 is 5.32 Å². The molecular weight excluding hydrogens is 183 g/mol. The van der Waals surface area contributed by atoms with Crippen LogP contribution >= 0.6 is 0 Å². The van der Waals surface area contributed by atoms with E-state index in [1.807, 2.05) is 30.3 Å². The summed E-state index contributed by atoms with van der Waals surface area (Å²) in [7, 11) is 1.48. The van der Waals surface area contributed by atoms with E-state index in [1.165, 1.54) is 12.6 Å². The van der Waals surface area contributed by atoms with E-state index in [-0.39, 0.29) is 5.91 Å². The lowest BCUT2D eigenvalue weighted by atomic mass is 10.1. The molecule has 1 atom stereocenters. The van der Waals surface area contributed by atoms with E-state index >= 15 is 0 Å². The van der Waals surface area contributed by atoms with Crippen LogP contribution in [0.1, 0.15) is 5.56 Å². The first kappa shape index (κ1) is 10.7. The monoisotopic (exact) mass is 196 g/mol. The predicted octanol–water partition coefficient (Wildman–Crippen LogP) is 0.818. The summed E-state index contributed by atoms with van der Waals surface area (Å²) in [5.74, 6) is -0.351. The lowest BCUT2D eigenvalue weighted by Gasteiger charge is -2.11. The molecule has 1 unspecified atom stereocenters. The number of hydrogen-bond donors (Lipinski definition) is 2. The van der Waals surface area contributed by atoms with Gasteiger partial charge in [-0.15, -0.1) is 10.0 Å². The van der Waals surface area contributed by atoms with Gasteiger partial charge in [0.2, 0.25) is 5.91 Å². The molecule has 0 saturated heterocycles. The molecule has 0 fully saturated rings. The zero-order valence-electron chi connectivity index (χ0n) is 7.96. The quantitative estimate of drug-likeness (QED) is 0.700. The Morgan fingerprint density at radius 3 is 2.57 bits per heavy atom. The zero-order chi connectivity index (χ0) is 10.4. The molecule has 0 bridgehead atoms. The second-order valence-electron chi connectivity index (χ2n) is 2.97. The van der Waals surface area contributed by atoms with Gasteiger partial charge in [0.15, 0.2) is 0 Å². The molecule has 0 heterocycles. The Bertz CT molecular complexity index is 289. The number of amides is 1. The second-order valence-corrected chi connectivity index (χ2v) is 2.97. The number of carbonyl (C=O) groups excluding carboxylic acids is 1. The third-order valence-electron chi connectivity index (χ3n) is 1.98. The Morgan fingerprint density at radius 2 is 2.07 bits per heavy atom. The highest BCUT2D eigenvalue weighted by atomic mass is 19.2. The van der Waals surface area contributed by atoms with Gasteiger partial charge in [-0.25, -0.2) is 0 Å². The van der Waals surface area contributed by atoms with Crippen molar-refractivity contribution >= 4 is 5.91 Å². The van der Waals surface area contributed by atoms with Crippen LogP contribution in [0.3, 0.4) is 0 Å². The van der Waals surface area contributed by atoms with Crippen LogP contribution in [0.4, 0.5) is 4.48 Å². The van der Waals surface area contributed by atoms with Crippen molar-refractivity contribution in [2.75, 3.05) is 7.05 Å². The molecule has 1 aromatic carbocycles. The molecule has 0 radical (unpaired) electrons.